The Labute approximate surface area is 202 Å². The summed E-state index contributed by atoms with van der Waals surface area (Å²) < 4.78 is 40.0. The highest BCUT2D eigenvalue weighted by Crippen LogP contribution is 2.38. The summed E-state index contributed by atoms with van der Waals surface area (Å²) in [5.74, 6) is 1.31. The lowest BCUT2D eigenvalue weighted by atomic mass is 9.78. The zero-order valence-electron chi connectivity index (χ0n) is 19.8. The smallest absolute Gasteiger partial charge is 0.243 e. The summed E-state index contributed by atoms with van der Waals surface area (Å²) in [5.41, 5.74) is -0.589. The Bertz CT molecular complexity index is 1070. The maximum Gasteiger partial charge on any atom is 0.243 e. The predicted octanol–water partition coefficient (Wildman–Crippen LogP) is 3.95. The molecule has 0 bridgehead atoms. The molecule has 1 amide bonds. The van der Waals surface area contributed by atoms with Gasteiger partial charge in [0.1, 0.15) is 11.5 Å². The molecule has 34 heavy (non-hydrogen) atoms. The predicted molar refractivity (Wildman–Crippen MR) is 130 cm³/mol. The van der Waals surface area contributed by atoms with Crippen molar-refractivity contribution in [1.82, 2.24) is 9.21 Å². The topological polar surface area (TPSA) is 76.1 Å². The third-order valence-electron chi connectivity index (χ3n) is 6.83. The number of rotatable bonds is 8. The summed E-state index contributed by atoms with van der Waals surface area (Å²) in [6, 6.07) is 16.0. The molecule has 0 spiro atoms. The van der Waals surface area contributed by atoms with E-state index in [9.17, 15) is 13.2 Å². The van der Waals surface area contributed by atoms with Crippen molar-refractivity contribution in [2.45, 2.75) is 43.4 Å². The molecular formula is C26H34N2O5S. The third kappa shape index (κ3) is 5.73. The van der Waals surface area contributed by atoms with Gasteiger partial charge in [0.2, 0.25) is 15.9 Å². The number of methoxy groups -OCH3 is 1. The van der Waals surface area contributed by atoms with Crippen LogP contribution in [0.2, 0.25) is 0 Å². The van der Waals surface area contributed by atoms with Crippen molar-refractivity contribution in [3.8, 4) is 11.5 Å². The average molecular weight is 487 g/mol. The fourth-order valence-corrected chi connectivity index (χ4v) is 6.55. The van der Waals surface area contributed by atoms with Gasteiger partial charge in [-0.25, -0.2) is 8.42 Å². The molecule has 2 aliphatic rings. The molecule has 0 unspecified atom stereocenters. The molecule has 8 heteroatoms. The molecule has 0 saturated carbocycles. The van der Waals surface area contributed by atoms with Crippen molar-refractivity contribution in [3.05, 3.63) is 54.6 Å². The van der Waals surface area contributed by atoms with Gasteiger partial charge >= 0.3 is 0 Å². The second-order valence-corrected chi connectivity index (χ2v) is 11.3. The number of para-hydroxylation sites is 1. The molecule has 184 valence electrons. The first-order chi connectivity index (χ1) is 16.4. The van der Waals surface area contributed by atoms with E-state index in [1.165, 1.54) is 11.4 Å². The minimum atomic E-state index is -3.74. The molecule has 7 nitrogen and oxygen atoms in total. The summed E-state index contributed by atoms with van der Waals surface area (Å²) in [5, 5.41) is 0. The van der Waals surface area contributed by atoms with Gasteiger partial charge in [0, 0.05) is 44.1 Å². The third-order valence-corrected chi connectivity index (χ3v) is 8.67. The Balaban J connectivity index is 1.58. The molecule has 2 heterocycles. The van der Waals surface area contributed by atoms with E-state index in [4.69, 9.17) is 9.47 Å². The molecule has 2 aliphatic heterocycles. The van der Waals surface area contributed by atoms with Gasteiger partial charge in [-0.15, -0.1) is 0 Å². The van der Waals surface area contributed by atoms with Gasteiger partial charge in [-0.1, -0.05) is 24.3 Å². The number of ether oxygens (including phenoxy) is 2. The minimum Gasteiger partial charge on any atom is -0.497 e. The molecular weight excluding hydrogens is 452 g/mol. The van der Waals surface area contributed by atoms with E-state index < -0.39 is 15.4 Å². The van der Waals surface area contributed by atoms with Crippen LogP contribution in [-0.4, -0.2) is 63.4 Å². The van der Waals surface area contributed by atoms with Gasteiger partial charge in [0.25, 0.3) is 0 Å². The van der Waals surface area contributed by atoms with Gasteiger partial charge in [-0.05, 0) is 56.4 Å². The number of nitrogens with zero attached hydrogens (tertiary/aromatic N) is 2. The lowest BCUT2D eigenvalue weighted by Crippen LogP contribution is -2.51. The largest absolute Gasteiger partial charge is 0.497 e. The zero-order valence-corrected chi connectivity index (χ0v) is 20.6. The summed E-state index contributed by atoms with van der Waals surface area (Å²) in [6.45, 7) is 2.52. The van der Waals surface area contributed by atoms with Crippen molar-refractivity contribution in [2.75, 3.05) is 39.9 Å². The van der Waals surface area contributed by atoms with E-state index in [0.29, 0.717) is 25.3 Å². The van der Waals surface area contributed by atoms with Crippen LogP contribution in [0.15, 0.2) is 59.5 Å². The number of benzene rings is 2. The number of hydrogen-bond donors (Lipinski definition) is 0. The molecule has 0 aliphatic carbocycles. The highest BCUT2D eigenvalue weighted by Gasteiger charge is 2.43. The van der Waals surface area contributed by atoms with Gasteiger partial charge in [-0.3, -0.25) is 4.79 Å². The van der Waals surface area contributed by atoms with Crippen LogP contribution in [0.5, 0.6) is 11.5 Å². The molecule has 2 saturated heterocycles. The molecule has 2 fully saturated rings. The van der Waals surface area contributed by atoms with Crippen molar-refractivity contribution in [2.24, 2.45) is 5.41 Å². The summed E-state index contributed by atoms with van der Waals surface area (Å²) in [7, 11) is -2.22. The number of sulfonamides is 1. The zero-order chi connectivity index (χ0) is 24.0. The number of hydrogen-bond acceptors (Lipinski definition) is 5. The van der Waals surface area contributed by atoms with Crippen LogP contribution in [0, 0.1) is 5.41 Å². The molecule has 0 aromatic heterocycles. The van der Waals surface area contributed by atoms with Crippen LogP contribution in [0.3, 0.4) is 0 Å². The van der Waals surface area contributed by atoms with E-state index in [-0.39, 0.29) is 23.8 Å². The van der Waals surface area contributed by atoms with Crippen LogP contribution in [0.25, 0.3) is 0 Å². The number of amides is 1. The SMILES string of the molecule is COc1cccc(S(=O)(=O)N2CCC[C@](COc3ccccc3)(CC(=O)N3CCCCC3)C2)c1. The first-order valence-electron chi connectivity index (χ1n) is 12.0. The summed E-state index contributed by atoms with van der Waals surface area (Å²) in [6.07, 6.45) is 4.89. The van der Waals surface area contributed by atoms with Crippen molar-refractivity contribution in [3.63, 3.8) is 0 Å². The lowest BCUT2D eigenvalue weighted by molar-refractivity contribution is -0.136. The number of carbonyl (C=O) groups excluding carboxylic acids is 1. The fraction of sp³-hybridized carbons (Fsp3) is 0.500. The highest BCUT2D eigenvalue weighted by atomic mass is 32.2. The maximum atomic E-state index is 13.5. The van der Waals surface area contributed by atoms with Crippen molar-refractivity contribution >= 4 is 15.9 Å². The van der Waals surface area contributed by atoms with Gasteiger partial charge in [0.05, 0.1) is 18.6 Å². The van der Waals surface area contributed by atoms with Crippen LogP contribution in [-0.2, 0) is 14.8 Å². The Morgan fingerprint density at radius 2 is 1.68 bits per heavy atom. The first kappa shape index (κ1) is 24.5. The average Bonchev–Trinajstić information content (AvgIpc) is 2.89. The van der Waals surface area contributed by atoms with Crippen LogP contribution in [0.4, 0.5) is 0 Å². The Kier molecular flexibility index (Phi) is 7.78. The monoisotopic (exact) mass is 486 g/mol. The summed E-state index contributed by atoms with van der Waals surface area (Å²) in [4.78, 5) is 15.4. The van der Waals surface area contributed by atoms with E-state index in [2.05, 4.69) is 0 Å². The van der Waals surface area contributed by atoms with Gasteiger partial charge in [0.15, 0.2) is 0 Å². The maximum absolute atomic E-state index is 13.5. The van der Waals surface area contributed by atoms with E-state index in [1.807, 2.05) is 35.2 Å². The van der Waals surface area contributed by atoms with E-state index in [0.717, 1.165) is 44.5 Å². The molecule has 2 aromatic carbocycles. The normalized spacial score (nSPS) is 21.7. The molecule has 0 N–H and O–H groups in total. The standard InChI is InChI=1S/C26H34N2O5S/c1-32-23-12-8-13-24(18-23)34(30,31)28-17-9-14-26(20-28,21-33-22-10-4-2-5-11-22)19-25(29)27-15-6-3-7-16-27/h2,4-5,8,10-13,18H,3,6-7,9,14-17,19-21H2,1H3/t26-/m0/s1. The fourth-order valence-electron chi connectivity index (χ4n) is 4.92. The van der Waals surface area contributed by atoms with Gasteiger partial charge < -0.3 is 14.4 Å². The molecule has 4 rings (SSSR count). The van der Waals surface area contributed by atoms with E-state index in [1.54, 1.807) is 24.3 Å². The van der Waals surface area contributed by atoms with Crippen molar-refractivity contribution in [1.29, 1.82) is 0 Å². The Morgan fingerprint density at radius 1 is 0.941 bits per heavy atom. The molecule has 2 aromatic rings. The quantitative estimate of drug-likeness (QED) is 0.565. The highest BCUT2D eigenvalue weighted by molar-refractivity contribution is 7.89. The number of likely N-dealkylation sites (tertiary alicyclic amines) is 1. The van der Waals surface area contributed by atoms with Crippen molar-refractivity contribution < 1.29 is 22.7 Å². The second-order valence-electron chi connectivity index (χ2n) is 9.34. The van der Waals surface area contributed by atoms with Gasteiger partial charge in [-0.2, -0.15) is 4.31 Å². The second kappa shape index (κ2) is 10.8. The van der Waals surface area contributed by atoms with E-state index >= 15 is 0 Å². The Hall–Kier alpha value is -2.58. The molecule has 1 atom stereocenters. The molecule has 0 radical (unpaired) electrons. The Morgan fingerprint density at radius 3 is 2.41 bits per heavy atom. The van der Waals surface area contributed by atoms with Crippen LogP contribution < -0.4 is 9.47 Å². The lowest BCUT2D eigenvalue weighted by Gasteiger charge is -2.42. The number of piperidine rings is 2. The number of carbonyl (C=O) groups is 1. The van der Waals surface area contributed by atoms with Crippen LogP contribution >= 0.6 is 0 Å². The summed E-state index contributed by atoms with van der Waals surface area (Å²) >= 11 is 0. The first-order valence-corrected chi connectivity index (χ1v) is 13.5. The minimum absolute atomic E-state index is 0.0944. The van der Waals surface area contributed by atoms with Crippen LogP contribution in [0.1, 0.15) is 38.5 Å².